The lowest BCUT2D eigenvalue weighted by Gasteiger charge is -2.06. The van der Waals surface area contributed by atoms with Crippen molar-refractivity contribution in [3.05, 3.63) is 48.7 Å². The summed E-state index contributed by atoms with van der Waals surface area (Å²) in [6, 6.07) is 8.05. The van der Waals surface area contributed by atoms with Gasteiger partial charge in [0, 0.05) is 24.5 Å². The molecular weight excluding hydrogens is 328 g/mol. The number of hydrogen-bond acceptors (Lipinski definition) is 4. The minimum atomic E-state index is -0.199. The number of carbonyl (C=O) groups excluding carboxylic acids is 1. The van der Waals surface area contributed by atoms with Crippen LogP contribution in [0.5, 0.6) is 0 Å². The van der Waals surface area contributed by atoms with Crippen molar-refractivity contribution in [1.82, 2.24) is 24.1 Å². The minimum Gasteiger partial charge on any atom is -0.331 e. The van der Waals surface area contributed by atoms with Crippen molar-refractivity contribution in [3.8, 4) is 0 Å². The van der Waals surface area contributed by atoms with Crippen LogP contribution < -0.4 is 5.32 Å². The van der Waals surface area contributed by atoms with Gasteiger partial charge in [-0.1, -0.05) is 0 Å². The summed E-state index contributed by atoms with van der Waals surface area (Å²) in [5.41, 5.74) is 4.73. The molecule has 0 radical (unpaired) electrons. The lowest BCUT2D eigenvalue weighted by molar-refractivity contribution is 0.102. The van der Waals surface area contributed by atoms with Gasteiger partial charge >= 0.3 is 0 Å². The summed E-state index contributed by atoms with van der Waals surface area (Å²) in [7, 11) is 0. The number of carbonyl (C=O) groups is 1. The minimum absolute atomic E-state index is 0.199. The van der Waals surface area contributed by atoms with Crippen LogP contribution in [0.1, 0.15) is 36.2 Å². The molecule has 7 nitrogen and oxygen atoms in total. The molecule has 0 aliphatic heterocycles. The van der Waals surface area contributed by atoms with E-state index in [0.29, 0.717) is 17.3 Å². The van der Waals surface area contributed by atoms with Crippen LogP contribution in [-0.4, -0.2) is 30.0 Å². The maximum atomic E-state index is 12.6. The summed E-state index contributed by atoms with van der Waals surface area (Å²) in [6.07, 6.45) is 7.58. The number of nitrogens with zero attached hydrogens (tertiary/aromatic N) is 5. The highest BCUT2D eigenvalue weighted by atomic mass is 16.1. The van der Waals surface area contributed by atoms with E-state index in [1.165, 1.54) is 12.8 Å². The van der Waals surface area contributed by atoms with E-state index in [4.69, 9.17) is 0 Å². The molecule has 1 fully saturated rings. The number of nitrogens with one attached hydrogen (secondary N) is 1. The number of amides is 1. The van der Waals surface area contributed by atoms with Crippen molar-refractivity contribution in [2.45, 2.75) is 32.4 Å². The summed E-state index contributed by atoms with van der Waals surface area (Å²) < 4.78 is 4.16. The molecule has 1 aromatic carbocycles. The molecule has 3 heterocycles. The number of imidazole rings is 2. The topological polar surface area (TPSA) is 77.6 Å². The molecule has 5 rings (SSSR count). The SMILES string of the molecule is CCn1cnc2cc(NC(=O)c3cnc4c(c3)ncn4C3CC3)ccc21. The average Bonchev–Trinajstić information content (AvgIpc) is 3.28. The molecule has 0 unspecified atom stereocenters. The third-order valence-electron chi connectivity index (χ3n) is 4.84. The zero-order chi connectivity index (χ0) is 17.7. The van der Waals surface area contributed by atoms with Gasteiger partial charge in [-0.25, -0.2) is 15.0 Å². The van der Waals surface area contributed by atoms with Gasteiger partial charge in [-0.15, -0.1) is 0 Å². The van der Waals surface area contributed by atoms with Crippen molar-refractivity contribution in [3.63, 3.8) is 0 Å². The van der Waals surface area contributed by atoms with Gasteiger partial charge < -0.3 is 14.5 Å². The molecule has 7 heteroatoms. The van der Waals surface area contributed by atoms with Crippen LogP contribution in [0.25, 0.3) is 22.2 Å². The highest BCUT2D eigenvalue weighted by Gasteiger charge is 2.25. The molecular formula is C19H18N6O. The molecule has 0 spiro atoms. The maximum Gasteiger partial charge on any atom is 0.257 e. The molecule has 0 atom stereocenters. The second-order valence-electron chi connectivity index (χ2n) is 6.64. The quantitative estimate of drug-likeness (QED) is 0.614. The molecule has 0 bridgehead atoms. The van der Waals surface area contributed by atoms with Crippen molar-refractivity contribution in [2.75, 3.05) is 5.32 Å². The third kappa shape index (κ3) is 2.44. The number of anilines is 1. The van der Waals surface area contributed by atoms with Crippen LogP contribution in [0.15, 0.2) is 43.1 Å². The van der Waals surface area contributed by atoms with Crippen molar-refractivity contribution >= 4 is 33.8 Å². The standard InChI is InChI=1S/C19H18N6O/c1-2-24-10-21-15-8-13(3-6-17(15)24)23-19(26)12-7-16-18(20-9-12)25(11-22-16)14-4-5-14/h3,6-11,14H,2,4-5H2,1H3,(H,23,26). The predicted molar refractivity (Wildman–Crippen MR) is 99.2 cm³/mol. The van der Waals surface area contributed by atoms with Crippen LogP contribution in [0, 0.1) is 0 Å². The van der Waals surface area contributed by atoms with E-state index in [2.05, 4.69) is 36.3 Å². The summed E-state index contributed by atoms with van der Waals surface area (Å²) in [5, 5.41) is 2.92. The molecule has 130 valence electrons. The van der Waals surface area contributed by atoms with Gasteiger partial charge in [0.25, 0.3) is 5.91 Å². The van der Waals surface area contributed by atoms with Gasteiger partial charge in [-0.2, -0.15) is 0 Å². The van der Waals surface area contributed by atoms with E-state index < -0.39 is 0 Å². The fourth-order valence-electron chi connectivity index (χ4n) is 3.26. The van der Waals surface area contributed by atoms with E-state index in [1.54, 1.807) is 12.3 Å². The number of rotatable bonds is 4. The summed E-state index contributed by atoms with van der Waals surface area (Å²) in [5.74, 6) is -0.199. The first-order chi connectivity index (χ1) is 12.7. The molecule has 1 N–H and O–H groups in total. The monoisotopic (exact) mass is 346 g/mol. The summed E-state index contributed by atoms with van der Waals surface area (Å²) >= 11 is 0. The van der Waals surface area contributed by atoms with Gasteiger partial charge in [0.2, 0.25) is 0 Å². The van der Waals surface area contributed by atoms with Crippen LogP contribution in [0.2, 0.25) is 0 Å². The summed E-state index contributed by atoms with van der Waals surface area (Å²) in [4.78, 5) is 25.8. The van der Waals surface area contributed by atoms with Gasteiger partial charge in [-0.05, 0) is 44.0 Å². The Labute approximate surface area is 149 Å². The van der Waals surface area contributed by atoms with Gasteiger partial charge in [0.05, 0.1) is 29.3 Å². The van der Waals surface area contributed by atoms with E-state index in [0.717, 1.165) is 28.7 Å². The van der Waals surface area contributed by atoms with Crippen molar-refractivity contribution in [2.24, 2.45) is 0 Å². The fraction of sp³-hybridized carbons (Fsp3) is 0.263. The molecule has 3 aromatic heterocycles. The van der Waals surface area contributed by atoms with Crippen molar-refractivity contribution in [1.29, 1.82) is 0 Å². The van der Waals surface area contributed by atoms with E-state index in [-0.39, 0.29) is 5.91 Å². The molecule has 1 aliphatic carbocycles. The lowest BCUT2D eigenvalue weighted by Crippen LogP contribution is -2.12. The number of pyridine rings is 1. The van der Waals surface area contributed by atoms with Crippen LogP contribution >= 0.6 is 0 Å². The average molecular weight is 346 g/mol. The largest absolute Gasteiger partial charge is 0.331 e. The molecule has 1 saturated carbocycles. The van der Waals surface area contributed by atoms with Gasteiger partial charge in [-0.3, -0.25) is 4.79 Å². The Morgan fingerprint density at radius 3 is 2.81 bits per heavy atom. The Hall–Kier alpha value is -3.22. The highest BCUT2D eigenvalue weighted by Crippen LogP contribution is 2.36. The third-order valence-corrected chi connectivity index (χ3v) is 4.84. The maximum absolute atomic E-state index is 12.6. The highest BCUT2D eigenvalue weighted by molar-refractivity contribution is 6.06. The second-order valence-corrected chi connectivity index (χ2v) is 6.64. The van der Waals surface area contributed by atoms with Crippen LogP contribution in [0.4, 0.5) is 5.69 Å². The van der Waals surface area contributed by atoms with Crippen LogP contribution in [-0.2, 0) is 6.54 Å². The number of fused-ring (bicyclic) bond motifs is 2. The predicted octanol–water partition coefficient (Wildman–Crippen LogP) is 3.39. The zero-order valence-corrected chi connectivity index (χ0v) is 14.4. The zero-order valence-electron chi connectivity index (χ0n) is 14.4. The lowest BCUT2D eigenvalue weighted by atomic mass is 10.2. The van der Waals surface area contributed by atoms with E-state index in [1.807, 2.05) is 30.9 Å². The van der Waals surface area contributed by atoms with Crippen LogP contribution in [0.3, 0.4) is 0 Å². The molecule has 1 aliphatic rings. The van der Waals surface area contributed by atoms with E-state index >= 15 is 0 Å². The Kier molecular flexibility index (Phi) is 3.28. The van der Waals surface area contributed by atoms with E-state index in [9.17, 15) is 4.79 Å². The second kappa shape index (κ2) is 5.66. The Morgan fingerprint density at radius 2 is 2.00 bits per heavy atom. The fourth-order valence-corrected chi connectivity index (χ4v) is 3.26. The Balaban J connectivity index is 1.41. The summed E-state index contributed by atoms with van der Waals surface area (Å²) in [6.45, 7) is 2.94. The number of aromatic nitrogens is 5. The number of aryl methyl sites for hydroxylation is 1. The Morgan fingerprint density at radius 1 is 1.15 bits per heavy atom. The molecule has 26 heavy (non-hydrogen) atoms. The first kappa shape index (κ1) is 15.1. The first-order valence-electron chi connectivity index (χ1n) is 8.82. The first-order valence-corrected chi connectivity index (χ1v) is 8.82. The number of hydrogen-bond donors (Lipinski definition) is 1. The van der Waals surface area contributed by atoms with Gasteiger partial charge in [0.15, 0.2) is 5.65 Å². The number of benzene rings is 1. The normalized spacial score (nSPS) is 14.2. The smallest absolute Gasteiger partial charge is 0.257 e. The molecule has 0 saturated heterocycles. The Bertz CT molecular complexity index is 1140. The van der Waals surface area contributed by atoms with Gasteiger partial charge in [0.1, 0.15) is 5.52 Å². The molecule has 1 amide bonds. The molecule has 4 aromatic rings. The van der Waals surface area contributed by atoms with Crippen molar-refractivity contribution < 1.29 is 4.79 Å².